The van der Waals surface area contributed by atoms with Gasteiger partial charge in [-0.15, -0.1) is 0 Å². The molecule has 0 radical (unpaired) electrons. The fourth-order valence-corrected chi connectivity index (χ4v) is 3.01. The number of benzene rings is 1. The standard InChI is InChI=1S/C16H19N3O3/c1-2-10-4-3-7-19(9-10)16(22)11-5-6-12-13(8-11)18-15(21)14(20)17-12/h5-6,8,10H,2-4,7,9H2,1H3,(H,17,20)(H,18,21). The van der Waals surface area contributed by atoms with E-state index >= 15 is 0 Å². The van der Waals surface area contributed by atoms with Crippen LogP contribution in [0.1, 0.15) is 36.5 Å². The quantitative estimate of drug-likeness (QED) is 0.824. The summed E-state index contributed by atoms with van der Waals surface area (Å²) in [6.07, 6.45) is 3.28. The van der Waals surface area contributed by atoms with Gasteiger partial charge in [0.25, 0.3) is 5.91 Å². The summed E-state index contributed by atoms with van der Waals surface area (Å²) in [6.45, 7) is 3.71. The Morgan fingerprint density at radius 2 is 1.95 bits per heavy atom. The van der Waals surface area contributed by atoms with Crippen LogP contribution in [0.3, 0.4) is 0 Å². The Morgan fingerprint density at radius 1 is 1.23 bits per heavy atom. The number of piperidine rings is 1. The largest absolute Gasteiger partial charge is 0.338 e. The van der Waals surface area contributed by atoms with Gasteiger partial charge in [-0.2, -0.15) is 0 Å². The van der Waals surface area contributed by atoms with Gasteiger partial charge < -0.3 is 14.9 Å². The molecule has 1 amide bonds. The molecule has 1 atom stereocenters. The van der Waals surface area contributed by atoms with Crippen LogP contribution in [0.5, 0.6) is 0 Å². The molecule has 116 valence electrons. The molecule has 0 spiro atoms. The maximum absolute atomic E-state index is 12.6. The van der Waals surface area contributed by atoms with Crippen LogP contribution < -0.4 is 11.1 Å². The van der Waals surface area contributed by atoms with E-state index < -0.39 is 11.1 Å². The molecule has 0 bridgehead atoms. The Hall–Kier alpha value is -2.37. The highest BCUT2D eigenvalue weighted by Gasteiger charge is 2.23. The van der Waals surface area contributed by atoms with Crippen LogP contribution in [0, 0.1) is 5.92 Å². The Morgan fingerprint density at radius 3 is 2.68 bits per heavy atom. The fourth-order valence-electron chi connectivity index (χ4n) is 3.01. The van der Waals surface area contributed by atoms with Gasteiger partial charge in [0.1, 0.15) is 0 Å². The third kappa shape index (κ3) is 2.68. The van der Waals surface area contributed by atoms with E-state index in [-0.39, 0.29) is 5.91 Å². The first-order valence-corrected chi connectivity index (χ1v) is 7.64. The van der Waals surface area contributed by atoms with E-state index in [1.807, 2.05) is 4.90 Å². The van der Waals surface area contributed by atoms with E-state index in [4.69, 9.17) is 0 Å². The lowest BCUT2D eigenvalue weighted by atomic mass is 9.95. The minimum Gasteiger partial charge on any atom is -0.338 e. The molecule has 0 aliphatic carbocycles. The first kappa shape index (κ1) is 14.6. The predicted octanol–water partition coefficient (Wildman–Crippen LogP) is 1.48. The van der Waals surface area contributed by atoms with Crippen molar-refractivity contribution in [2.45, 2.75) is 26.2 Å². The highest BCUT2D eigenvalue weighted by molar-refractivity contribution is 5.97. The number of aromatic nitrogens is 2. The molecule has 1 fully saturated rings. The van der Waals surface area contributed by atoms with Crippen molar-refractivity contribution in [3.63, 3.8) is 0 Å². The molecule has 1 aliphatic heterocycles. The van der Waals surface area contributed by atoms with Crippen molar-refractivity contribution < 1.29 is 4.79 Å². The maximum Gasteiger partial charge on any atom is 0.314 e. The number of hydrogen-bond donors (Lipinski definition) is 2. The maximum atomic E-state index is 12.6. The van der Waals surface area contributed by atoms with Crippen molar-refractivity contribution in [3.8, 4) is 0 Å². The Balaban J connectivity index is 1.92. The minimum absolute atomic E-state index is 0.0212. The van der Waals surface area contributed by atoms with Crippen LogP contribution in [0.25, 0.3) is 11.0 Å². The molecular formula is C16H19N3O3. The molecule has 1 saturated heterocycles. The van der Waals surface area contributed by atoms with Crippen molar-refractivity contribution in [2.24, 2.45) is 5.92 Å². The molecular weight excluding hydrogens is 282 g/mol. The number of likely N-dealkylation sites (tertiary alicyclic amines) is 1. The number of carbonyl (C=O) groups excluding carboxylic acids is 1. The average Bonchev–Trinajstić information content (AvgIpc) is 2.55. The van der Waals surface area contributed by atoms with Crippen LogP contribution in [0.15, 0.2) is 27.8 Å². The van der Waals surface area contributed by atoms with Gasteiger partial charge in [0.15, 0.2) is 0 Å². The van der Waals surface area contributed by atoms with Gasteiger partial charge in [-0.1, -0.05) is 13.3 Å². The highest BCUT2D eigenvalue weighted by atomic mass is 16.2. The van der Waals surface area contributed by atoms with Crippen molar-refractivity contribution >= 4 is 16.9 Å². The van der Waals surface area contributed by atoms with Crippen LogP contribution in [0.2, 0.25) is 0 Å². The number of hydrogen-bond acceptors (Lipinski definition) is 3. The van der Waals surface area contributed by atoms with E-state index in [0.29, 0.717) is 22.5 Å². The SMILES string of the molecule is CCC1CCCN(C(=O)c2ccc3[nH]c(=O)c(=O)[nH]c3c2)C1. The molecule has 2 aromatic rings. The molecule has 1 aromatic heterocycles. The number of nitrogens with one attached hydrogen (secondary N) is 2. The van der Waals surface area contributed by atoms with Crippen molar-refractivity contribution in [1.29, 1.82) is 0 Å². The van der Waals surface area contributed by atoms with E-state index in [1.54, 1.807) is 18.2 Å². The number of nitrogens with zero attached hydrogens (tertiary/aromatic N) is 1. The number of rotatable bonds is 2. The zero-order valence-corrected chi connectivity index (χ0v) is 12.5. The molecule has 2 N–H and O–H groups in total. The second-order valence-electron chi connectivity index (χ2n) is 5.84. The second-order valence-corrected chi connectivity index (χ2v) is 5.84. The first-order valence-electron chi connectivity index (χ1n) is 7.64. The summed E-state index contributed by atoms with van der Waals surface area (Å²) in [5.74, 6) is 0.543. The van der Waals surface area contributed by atoms with Gasteiger partial charge in [-0.25, -0.2) is 0 Å². The first-order chi connectivity index (χ1) is 10.6. The van der Waals surface area contributed by atoms with E-state index in [9.17, 15) is 14.4 Å². The molecule has 0 saturated carbocycles. The van der Waals surface area contributed by atoms with Crippen molar-refractivity contribution in [3.05, 3.63) is 44.5 Å². The van der Waals surface area contributed by atoms with Crippen molar-refractivity contribution in [1.82, 2.24) is 14.9 Å². The van der Waals surface area contributed by atoms with Crippen molar-refractivity contribution in [2.75, 3.05) is 13.1 Å². The number of fused-ring (bicyclic) bond motifs is 1. The number of carbonyl (C=O) groups is 1. The predicted molar refractivity (Wildman–Crippen MR) is 84.1 cm³/mol. The van der Waals surface area contributed by atoms with Crippen LogP contribution in [-0.2, 0) is 0 Å². The molecule has 6 heteroatoms. The molecule has 22 heavy (non-hydrogen) atoms. The van der Waals surface area contributed by atoms with Gasteiger partial charge in [-0.05, 0) is 37.0 Å². The summed E-state index contributed by atoms with van der Waals surface area (Å²) in [6, 6.07) is 4.97. The topological polar surface area (TPSA) is 86.0 Å². The van der Waals surface area contributed by atoms with Gasteiger partial charge >= 0.3 is 11.1 Å². The molecule has 1 unspecified atom stereocenters. The minimum atomic E-state index is -0.707. The lowest BCUT2D eigenvalue weighted by molar-refractivity contribution is 0.0671. The summed E-state index contributed by atoms with van der Waals surface area (Å²) in [5.41, 5.74) is 0.132. The zero-order chi connectivity index (χ0) is 15.7. The van der Waals surface area contributed by atoms with E-state index in [0.717, 1.165) is 25.9 Å². The summed E-state index contributed by atoms with van der Waals surface area (Å²) in [5, 5.41) is 0. The van der Waals surface area contributed by atoms with Crippen LogP contribution in [0.4, 0.5) is 0 Å². The molecule has 1 aliphatic rings. The Kier molecular flexibility index (Phi) is 3.83. The highest BCUT2D eigenvalue weighted by Crippen LogP contribution is 2.21. The second kappa shape index (κ2) is 5.79. The van der Waals surface area contributed by atoms with E-state index in [1.165, 1.54) is 6.42 Å². The van der Waals surface area contributed by atoms with Crippen LogP contribution in [-0.4, -0.2) is 33.9 Å². The third-order valence-electron chi connectivity index (χ3n) is 4.35. The van der Waals surface area contributed by atoms with E-state index in [2.05, 4.69) is 16.9 Å². The molecule has 1 aromatic carbocycles. The zero-order valence-electron chi connectivity index (χ0n) is 12.5. The van der Waals surface area contributed by atoms with Crippen LogP contribution >= 0.6 is 0 Å². The average molecular weight is 301 g/mol. The summed E-state index contributed by atoms with van der Waals surface area (Å²) in [4.78, 5) is 42.2. The number of aromatic amines is 2. The molecule has 3 rings (SSSR count). The summed E-state index contributed by atoms with van der Waals surface area (Å²) in [7, 11) is 0. The fraction of sp³-hybridized carbons (Fsp3) is 0.438. The third-order valence-corrected chi connectivity index (χ3v) is 4.35. The summed E-state index contributed by atoms with van der Waals surface area (Å²) >= 11 is 0. The van der Waals surface area contributed by atoms with Gasteiger partial charge in [0, 0.05) is 18.7 Å². The van der Waals surface area contributed by atoms with Gasteiger partial charge in [-0.3, -0.25) is 14.4 Å². The molecule has 6 nitrogen and oxygen atoms in total. The smallest absolute Gasteiger partial charge is 0.314 e. The number of H-pyrrole nitrogens is 2. The van der Waals surface area contributed by atoms with Gasteiger partial charge in [0.2, 0.25) is 0 Å². The van der Waals surface area contributed by atoms with Gasteiger partial charge in [0.05, 0.1) is 11.0 Å². The monoisotopic (exact) mass is 301 g/mol. The lowest BCUT2D eigenvalue weighted by Gasteiger charge is -2.32. The Bertz CT molecular complexity index is 821. The number of amides is 1. The normalized spacial score (nSPS) is 18.6. The molecule has 2 heterocycles. The summed E-state index contributed by atoms with van der Waals surface area (Å²) < 4.78 is 0. The Labute approximate surface area is 127 Å². The lowest BCUT2D eigenvalue weighted by Crippen LogP contribution is -2.39.